The summed E-state index contributed by atoms with van der Waals surface area (Å²) in [6, 6.07) is 8.92. The van der Waals surface area contributed by atoms with E-state index < -0.39 is 11.7 Å². The quantitative estimate of drug-likeness (QED) is 0.824. The van der Waals surface area contributed by atoms with Crippen molar-refractivity contribution in [1.82, 2.24) is 0 Å². The summed E-state index contributed by atoms with van der Waals surface area (Å²) in [5.41, 5.74) is 1.07. The van der Waals surface area contributed by atoms with E-state index in [0.29, 0.717) is 15.7 Å². The van der Waals surface area contributed by atoms with Crippen molar-refractivity contribution in [1.29, 1.82) is 0 Å². The van der Waals surface area contributed by atoms with Gasteiger partial charge in [-0.1, -0.05) is 12.1 Å². The third kappa shape index (κ3) is 2.93. The second-order valence-corrected chi connectivity index (χ2v) is 4.91. The Bertz CT molecular complexity index is 620. The SMILES string of the molecule is Cc1cc(NC(=O)c2ccccc2F)cc(Br)c1O. The van der Waals surface area contributed by atoms with Gasteiger partial charge in [-0.15, -0.1) is 0 Å². The number of phenols is 1. The van der Waals surface area contributed by atoms with E-state index in [1.165, 1.54) is 18.2 Å². The third-order valence-electron chi connectivity index (χ3n) is 2.63. The highest BCUT2D eigenvalue weighted by Gasteiger charge is 2.12. The number of anilines is 1. The lowest BCUT2D eigenvalue weighted by molar-refractivity contribution is 0.102. The number of amides is 1. The zero-order chi connectivity index (χ0) is 14.0. The molecule has 0 aliphatic heterocycles. The van der Waals surface area contributed by atoms with Crippen LogP contribution < -0.4 is 5.32 Å². The smallest absolute Gasteiger partial charge is 0.258 e. The van der Waals surface area contributed by atoms with E-state index >= 15 is 0 Å². The minimum atomic E-state index is -0.574. The summed E-state index contributed by atoms with van der Waals surface area (Å²) < 4.78 is 13.9. The lowest BCUT2D eigenvalue weighted by atomic mass is 10.1. The standard InChI is InChI=1S/C14H11BrFNO2/c1-8-6-9(7-11(15)13(8)18)17-14(19)10-4-2-3-5-12(10)16/h2-7,18H,1H3,(H,17,19). The van der Waals surface area contributed by atoms with Crippen LogP contribution in [0.1, 0.15) is 15.9 Å². The molecule has 0 atom stereocenters. The molecule has 0 saturated heterocycles. The number of aromatic hydroxyl groups is 1. The number of aryl methyl sites for hydroxylation is 1. The Morgan fingerprint density at radius 3 is 2.63 bits per heavy atom. The van der Waals surface area contributed by atoms with Gasteiger partial charge < -0.3 is 10.4 Å². The Morgan fingerprint density at radius 2 is 2.00 bits per heavy atom. The normalized spacial score (nSPS) is 10.3. The molecule has 0 fully saturated rings. The molecular weight excluding hydrogens is 313 g/mol. The number of hydrogen-bond acceptors (Lipinski definition) is 2. The number of carbonyl (C=O) groups is 1. The summed E-state index contributed by atoms with van der Waals surface area (Å²) in [6.07, 6.45) is 0. The molecule has 19 heavy (non-hydrogen) atoms. The third-order valence-corrected chi connectivity index (χ3v) is 3.23. The fraction of sp³-hybridized carbons (Fsp3) is 0.0714. The minimum absolute atomic E-state index is 0.0237. The molecule has 2 aromatic rings. The van der Waals surface area contributed by atoms with Crippen molar-refractivity contribution < 1.29 is 14.3 Å². The molecule has 1 amide bonds. The molecule has 0 spiro atoms. The van der Waals surface area contributed by atoms with Crippen molar-refractivity contribution in [2.45, 2.75) is 6.92 Å². The highest BCUT2D eigenvalue weighted by atomic mass is 79.9. The molecule has 0 aromatic heterocycles. The summed E-state index contributed by atoms with van der Waals surface area (Å²) in [5, 5.41) is 12.2. The predicted molar refractivity (Wildman–Crippen MR) is 74.9 cm³/mol. The number of halogens is 2. The van der Waals surface area contributed by atoms with Gasteiger partial charge in [-0.2, -0.15) is 0 Å². The van der Waals surface area contributed by atoms with Gasteiger partial charge in [0.15, 0.2) is 0 Å². The number of nitrogens with one attached hydrogen (secondary N) is 1. The zero-order valence-electron chi connectivity index (χ0n) is 10.1. The molecule has 0 heterocycles. The van der Waals surface area contributed by atoms with Gasteiger partial charge in [0.25, 0.3) is 5.91 Å². The first-order chi connectivity index (χ1) is 8.99. The van der Waals surface area contributed by atoms with Gasteiger partial charge >= 0.3 is 0 Å². The molecule has 0 saturated carbocycles. The van der Waals surface area contributed by atoms with Crippen LogP contribution in [0.15, 0.2) is 40.9 Å². The molecule has 2 N–H and O–H groups in total. The maximum absolute atomic E-state index is 13.5. The van der Waals surface area contributed by atoms with Gasteiger partial charge in [-0.3, -0.25) is 4.79 Å². The highest BCUT2D eigenvalue weighted by Crippen LogP contribution is 2.31. The van der Waals surface area contributed by atoms with Crippen LogP contribution in [-0.4, -0.2) is 11.0 Å². The van der Waals surface area contributed by atoms with E-state index in [4.69, 9.17) is 0 Å². The summed E-state index contributed by atoms with van der Waals surface area (Å²) >= 11 is 3.18. The van der Waals surface area contributed by atoms with E-state index in [2.05, 4.69) is 21.2 Å². The van der Waals surface area contributed by atoms with Crippen molar-refractivity contribution in [3.05, 3.63) is 57.8 Å². The van der Waals surface area contributed by atoms with Crippen molar-refractivity contribution >= 4 is 27.5 Å². The molecule has 2 rings (SSSR count). The molecule has 0 aliphatic carbocycles. The fourth-order valence-electron chi connectivity index (χ4n) is 1.65. The van der Waals surface area contributed by atoms with Crippen LogP contribution in [-0.2, 0) is 0 Å². The van der Waals surface area contributed by atoms with Gasteiger partial charge in [0.05, 0.1) is 10.0 Å². The Hall–Kier alpha value is -1.88. The predicted octanol–water partition coefficient (Wildman–Crippen LogP) is 3.85. The first kappa shape index (κ1) is 13.5. The van der Waals surface area contributed by atoms with Gasteiger partial charge in [0.1, 0.15) is 11.6 Å². The highest BCUT2D eigenvalue weighted by molar-refractivity contribution is 9.10. The molecule has 98 valence electrons. The maximum atomic E-state index is 13.5. The lowest BCUT2D eigenvalue weighted by Gasteiger charge is -2.09. The van der Waals surface area contributed by atoms with Crippen LogP contribution in [0, 0.1) is 12.7 Å². The summed E-state index contributed by atoms with van der Waals surface area (Å²) in [4.78, 5) is 11.9. The number of hydrogen-bond donors (Lipinski definition) is 2. The van der Waals surface area contributed by atoms with E-state index in [1.807, 2.05) is 0 Å². The average molecular weight is 324 g/mol. The number of carbonyl (C=O) groups excluding carboxylic acids is 1. The molecule has 0 aliphatic rings. The molecular formula is C14H11BrFNO2. The lowest BCUT2D eigenvalue weighted by Crippen LogP contribution is -2.13. The Balaban J connectivity index is 2.27. The second kappa shape index (κ2) is 5.40. The van der Waals surface area contributed by atoms with E-state index in [1.54, 1.807) is 25.1 Å². The van der Waals surface area contributed by atoms with Crippen LogP contribution in [0.3, 0.4) is 0 Å². The van der Waals surface area contributed by atoms with Gasteiger partial charge in [0.2, 0.25) is 0 Å². The molecule has 0 bridgehead atoms. The molecule has 0 unspecified atom stereocenters. The Labute approximate surface area is 118 Å². The fourth-order valence-corrected chi connectivity index (χ4v) is 2.21. The first-order valence-corrected chi connectivity index (χ1v) is 6.33. The molecule has 2 aromatic carbocycles. The van der Waals surface area contributed by atoms with Crippen molar-refractivity contribution in [3.63, 3.8) is 0 Å². The number of benzene rings is 2. The van der Waals surface area contributed by atoms with Crippen molar-refractivity contribution in [2.75, 3.05) is 5.32 Å². The number of rotatable bonds is 2. The van der Waals surface area contributed by atoms with E-state index in [0.717, 1.165) is 0 Å². The monoisotopic (exact) mass is 323 g/mol. The molecule has 3 nitrogen and oxygen atoms in total. The van der Waals surface area contributed by atoms with Crippen molar-refractivity contribution in [3.8, 4) is 5.75 Å². The summed E-state index contributed by atoms with van der Waals surface area (Å²) in [7, 11) is 0. The van der Waals surface area contributed by atoms with Crippen molar-refractivity contribution in [2.24, 2.45) is 0 Å². The Kier molecular flexibility index (Phi) is 3.85. The van der Waals surface area contributed by atoms with Crippen LogP contribution >= 0.6 is 15.9 Å². The van der Waals surface area contributed by atoms with Gasteiger partial charge in [-0.25, -0.2) is 4.39 Å². The largest absolute Gasteiger partial charge is 0.506 e. The second-order valence-electron chi connectivity index (χ2n) is 4.06. The Morgan fingerprint density at radius 1 is 1.32 bits per heavy atom. The van der Waals surface area contributed by atoms with Crippen LogP contribution in [0.25, 0.3) is 0 Å². The zero-order valence-corrected chi connectivity index (χ0v) is 11.7. The molecule has 5 heteroatoms. The van der Waals surface area contributed by atoms with Gasteiger partial charge in [-0.05, 0) is 52.7 Å². The topological polar surface area (TPSA) is 49.3 Å². The summed E-state index contributed by atoms with van der Waals surface area (Å²) in [5.74, 6) is -0.992. The number of phenolic OH excluding ortho intramolecular Hbond substituents is 1. The van der Waals surface area contributed by atoms with E-state index in [-0.39, 0.29) is 11.3 Å². The maximum Gasteiger partial charge on any atom is 0.258 e. The summed E-state index contributed by atoms with van der Waals surface area (Å²) in [6.45, 7) is 1.71. The van der Waals surface area contributed by atoms with Crippen LogP contribution in [0.5, 0.6) is 5.75 Å². The average Bonchev–Trinajstić information content (AvgIpc) is 2.36. The minimum Gasteiger partial charge on any atom is -0.506 e. The first-order valence-electron chi connectivity index (χ1n) is 5.54. The van der Waals surface area contributed by atoms with Crippen LogP contribution in [0.2, 0.25) is 0 Å². The van der Waals surface area contributed by atoms with E-state index in [9.17, 15) is 14.3 Å². The van der Waals surface area contributed by atoms with Crippen LogP contribution in [0.4, 0.5) is 10.1 Å². The molecule has 0 radical (unpaired) electrons. The van der Waals surface area contributed by atoms with Gasteiger partial charge in [0, 0.05) is 5.69 Å².